The highest BCUT2D eigenvalue weighted by molar-refractivity contribution is 7.89. The van der Waals surface area contributed by atoms with E-state index < -0.39 is 22.5 Å². The number of rotatable bonds is 10. The van der Waals surface area contributed by atoms with Crippen LogP contribution in [0.15, 0.2) is 82.8 Å². The summed E-state index contributed by atoms with van der Waals surface area (Å²) in [7, 11) is -4.02. The maximum Gasteiger partial charge on any atom is 0.255 e. The minimum absolute atomic E-state index is 0.0147. The van der Waals surface area contributed by atoms with Gasteiger partial charge in [-0.3, -0.25) is 4.79 Å². The summed E-state index contributed by atoms with van der Waals surface area (Å²) in [5, 5.41) is 4.82. The van der Waals surface area contributed by atoms with Gasteiger partial charge in [-0.1, -0.05) is 47.5 Å². The number of carbonyl (C=O) groups is 1. The molecule has 7 nitrogen and oxygen atoms in total. The van der Waals surface area contributed by atoms with Crippen molar-refractivity contribution >= 4 is 45.3 Å². The Bertz CT molecular complexity index is 1270. The molecule has 3 aromatic carbocycles. The number of para-hydroxylation sites is 1. The van der Waals surface area contributed by atoms with E-state index in [-0.39, 0.29) is 11.4 Å². The molecule has 0 aromatic heterocycles. The first-order valence-electron chi connectivity index (χ1n) is 10.3. The van der Waals surface area contributed by atoms with Gasteiger partial charge in [0, 0.05) is 22.2 Å². The number of hydrogen-bond acceptors (Lipinski definition) is 5. The number of hydrazone groups is 1. The highest BCUT2D eigenvalue weighted by Crippen LogP contribution is 2.21. The zero-order valence-corrected chi connectivity index (χ0v) is 20.6. The van der Waals surface area contributed by atoms with Gasteiger partial charge in [0.05, 0.1) is 24.3 Å². The molecule has 0 spiro atoms. The zero-order valence-electron chi connectivity index (χ0n) is 18.3. The Morgan fingerprint density at radius 2 is 1.76 bits per heavy atom. The molecule has 0 aliphatic carbocycles. The summed E-state index contributed by atoms with van der Waals surface area (Å²) in [5.41, 5.74) is 3.69. The molecule has 0 bridgehead atoms. The lowest BCUT2D eigenvalue weighted by Crippen LogP contribution is -2.39. The van der Waals surface area contributed by atoms with Gasteiger partial charge in [-0.2, -0.15) is 9.41 Å². The summed E-state index contributed by atoms with van der Waals surface area (Å²) >= 11 is 12.0. The number of ether oxygens (including phenoxy) is 1. The van der Waals surface area contributed by atoms with Crippen LogP contribution in [0.25, 0.3) is 0 Å². The standard InChI is InChI=1S/C24H23Cl2N3O4S/c1-2-33-23-9-4-3-7-19(23)15-27-28-24(30)17-29(16-18-6-5-8-21(26)14-18)34(31,32)22-12-10-20(25)11-13-22/h3-15H,2,16-17H2,1H3,(H,28,30)/b27-15-. The highest BCUT2D eigenvalue weighted by atomic mass is 35.5. The molecule has 0 aliphatic rings. The van der Waals surface area contributed by atoms with Crippen LogP contribution in [0.4, 0.5) is 0 Å². The Morgan fingerprint density at radius 1 is 1.03 bits per heavy atom. The molecule has 0 atom stereocenters. The average Bonchev–Trinajstić information content (AvgIpc) is 2.80. The van der Waals surface area contributed by atoms with Crippen molar-refractivity contribution in [3.8, 4) is 5.75 Å². The second-order valence-corrected chi connectivity index (χ2v) is 9.93. The first kappa shape index (κ1) is 25.7. The van der Waals surface area contributed by atoms with Gasteiger partial charge in [0.25, 0.3) is 5.91 Å². The van der Waals surface area contributed by atoms with Gasteiger partial charge in [0.15, 0.2) is 0 Å². The topological polar surface area (TPSA) is 88.1 Å². The lowest BCUT2D eigenvalue weighted by molar-refractivity contribution is -0.121. The zero-order chi connectivity index (χ0) is 24.6. The maximum atomic E-state index is 13.3. The summed E-state index contributed by atoms with van der Waals surface area (Å²) in [6, 6.07) is 19.7. The number of nitrogens with one attached hydrogen (secondary N) is 1. The Kier molecular flexibility index (Phi) is 9.06. The van der Waals surface area contributed by atoms with Crippen LogP contribution in [0.1, 0.15) is 18.1 Å². The largest absolute Gasteiger partial charge is 0.493 e. The van der Waals surface area contributed by atoms with Crippen LogP contribution in [-0.2, 0) is 21.4 Å². The third kappa shape index (κ3) is 7.04. The van der Waals surface area contributed by atoms with Crippen molar-refractivity contribution in [3.05, 3.63) is 94.0 Å². The van der Waals surface area contributed by atoms with Crippen LogP contribution in [0.5, 0.6) is 5.75 Å². The number of sulfonamides is 1. The van der Waals surface area contributed by atoms with Gasteiger partial charge in [0.1, 0.15) is 5.75 Å². The van der Waals surface area contributed by atoms with Crippen molar-refractivity contribution in [2.75, 3.05) is 13.2 Å². The van der Waals surface area contributed by atoms with E-state index in [0.29, 0.717) is 33.5 Å². The Morgan fingerprint density at radius 3 is 2.47 bits per heavy atom. The van der Waals surface area contributed by atoms with Gasteiger partial charge in [-0.05, 0) is 61.0 Å². The predicted octanol–water partition coefficient (Wildman–Crippen LogP) is 4.73. The quantitative estimate of drug-likeness (QED) is 0.309. The first-order valence-corrected chi connectivity index (χ1v) is 12.5. The van der Waals surface area contributed by atoms with E-state index in [1.165, 1.54) is 30.5 Å². The molecule has 0 heterocycles. The van der Waals surface area contributed by atoms with Gasteiger partial charge < -0.3 is 4.74 Å². The molecule has 3 rings (SSSR count). The van der Waals surface area contributed by atoms with Crippen molar-refractivity contribution in [3.63, 3.8) is 0 Å². The Labute approximate surface area is 209 Å². The maximum absolute atomic E-state index is 13.3. The molecule has 3 aromatic rings. The van der Waals surface area contributed by atoms with Crippen LogP contribution in [0.2, 0.25) is 10.0 Å². The summed E-state index contributed by atoms with van der Waals surface area (Å²) in [6.07, 6.45) is 1.44. The lowest BCUT2D eigenvalue weighted by atomic mass is 10.2. The molecule has 0 unspecified atom stereocenters. The number of halogens is 2. The van der Waals surface area contributed by atoms with Gasteiger partial charge >= 0.3 is 0 Å². The molecule has 0 aliphatic heterocycles. The van der Waals surface area contributed by atoms with E-state index in [2.05, 4.69) is 10.5 Å². The third-order valence-corrected chi connectivity index (χ3v) is 6.92. The molecule has 10 heteroatoms. The monoisotopic (exact) mass is 519 g/mol. The van der Waals surface area contributed by atoms with E-state index in [9.17, 15) is 13.2 Å². The molecule has 1 N–H and O–H groups in total. The number of nitrogens with zero attached hydrogens (tertiary/aromatic N) is 2. The summed E-state index contributed by atoms with van der Waals surface area (Å²) in [5.74, 6) is 0.0144. The third-order valence-electron chi connectivity index (χ3n) is 4.63. The average molecular weight is 520 g/mol. The van der Waals surface area contributed by atoms with Crippen LogP contribution < -0.4 is 10.2 Å². The minimum atomic E-state index is -4.02. The van der Waals surface area contributed by atoms with Crippen LogP contribution in [0, 0.1) is 0 Å². The fourth-order valence-corrected chi connectivity index (χ4v) is 4.79. The number of carbonyl (C=O) groups excluding carboxylic acids is 1. The molecular formula is C24H23Cl2N3O4S. The van der Waals surface area contributed by atoms with Gasteiger partial charge in [0.2, 0.25) is 10.0 Å². The van der Waals surface area contributed by atoms with Gasteiger partial charge in [-0.15, -0.1) is 0 Å². The predicted molar refractivity (Wildman–Crippen MR) is 134 cm³/mol. The number of hydrogen-bond donors (Lipinski definition) is 1. The van der Waals surface area contributed by atoms with E-state index in [4.69, 9.17) is 27.9 Å². The molecule has 34 heavy (non-hydrogen) atoms. The van der Waals surface area contributed by atoms with E-state index in [1.54, 1.807) is 36.4 Å². The van der Waals surface area contributed by atoms with Crippen molar-refractivity contribution in [1.82, 2.24) is 9.73 Å². The van der Waals surface area contributed by atoms with E-state index in [1.807, 2.05) is 19.1 Å². The number of benzene rings is 3. The van der Waals surface area contributed by atoms with E-state index in [0.717, 1.165) is 4.31 Å². The SMILES string of the molecule is CCOc1ccccc1/C=N\NC(=O)CN(Cc1cccc(Cl)c1)S(=O)(=O)c1ccc(Cl)cc1. The van der Waals surface area contributed by atoms with Crippen molar-refractivity contribution in [2.45, 2.75) is 18.4 Å². The molecule has 0 saturated carbocycles. The minimum Gasteiger partial charge on any atom is -0.493 e. The molecule has 178 valence electrons. The second kappa shape index (κ2) is 12.0. The lowest BCUT2D eigenvalue weighted by Gasteiger charge is -2.21. The van der Waals surface area contributed by atoms with Crippen LogP contribution in [0.3, 0.4) is 0 Å². The Balaban J connectivity index is 1.79. The molecule has 0 fully saturated rings. The van der Waals surface area contributed by atoms with E-state index >= 15 is 0 Å². The molecule has 0 radical (unpaired) electrons. The summed E-state index contributed by atoms with van der Waals surface area (Å²) < 4.78 is 33.2. The molecule has 0 saturated heterocycles. The molecule has 1 amide bonds. The summed E-state index contributed by atoms with van der Waals surface area (Å²) in [6.45, 7) is 1.83. The first-order chi connectivity index (χ1) is 16.3. The van der Waals surface area contributed by atoms with Crippen molar-refractivity contribution < 1.29 is 17.9 Å². The summed E-state index contributed by atoms with van der Waals surface area (Å²) in [4.78, 5) is 12.6. The smallest absolute Gasteiger partial charge is 0.255 e. The van der Waals surface area contributed by atoms with Crippen LogP contribution >= 0.6 is 23.2 Å². The normalized spacial score (nSPS) is 11.6. The second-order valence-electron chi connectivity index (χ2n) is 7.12. The highest BCUT2D eigenvalue weighted by Gasteiger charge is 2.27. The Hall–Kier alpha value is -2.91. The fraction of sp³-hybridized carbons (Fsp3) is 0.167. The van der Waals surface area contributed by atoms with Crippen molar-refractivity contribution in [1.29, 1.82) is 0 Å². The molecular weight excluding hydrogens is 497 g/mol. The number of amides is 1. The van der Waals surface area contributed by atoms with Crippen molar-refractivity contribution in [2.24, 2.45) is 5.10 Å². The fourth-order valence-electron chi connectivity index (χ4n) is 3.06. The van der Waals surface area contributed by atoms with Crippen LogP contribution in [-0.4, -0.2) is 38.0 Å². The van der Waals surface area contributed by atoms with Gasteiger partial charge in [-0.25, -0.2) is 13.8 Å².